The van der Waals surface area contributed by atoms with Crippen molar-refractivity contribution < 1.29 is 5.11 Å². The third kappa shape index (κ3) is 3.82. The van der Waals surface area contributed by atoms with Crippen LogP contribution in [0.3, 0.4) is 0 Å². The van der Waals surface area contributed by atoms with Crippen molar-refractivity contribution in [2.45, 2.75) is 13.8 Å². The molecule has 3 aromatic carbocycles. The van der Waals surface area contributed by atoms with E-state index in [1.54, 1.807) is 12.1 Å². The van der Waals surface area contributed by atoms with Crippen LogP contribution in [0.5, 0.6) is 5.75 Å². The van der Waals surface area contributed by atoms with Gasteiger partial charge in [0.25, 0.3) is 0 Å². The van der Waals surface area contributed by atoms with E-state index < -0.39 is 0 Å². The molecule has 4 rings (SSSR count). The van der Waals surface area contributed by atoms with Crippen LogP contribution in [0.15, 0.2) is 54.6 Å². The van der Waals surface area contributed by atoms with E-state index in [0.29, 0.717) is 5.95 Å². The topological polar surface area (TPSA) is 74.2 Å². The Morgan fingerprint density at radius 3 is 2.52 bits per heavy atom. The first kappa shape index (κ1) is 18.7. The Balaban J connectivity index is 1.71. The summed E-state index contributed by atoms with van der Waals surface area (Å²) in [5.74, 6) is 0.699. The van der Waals surface area contributed by atoms with E-state index >= 15 is 0 Å². The second kappa shape index (κ2) is 7.39. The van der Waals surface area contributed by atoms with Gasteiger partial charge in [-0.1, -0.05) is 12.1 Å². The summed E-state index contributed by atoms with van der Waals surface area (Å²) in [6.07, 6.45) is 0. The second-order valence-corrected chi connectivity index (χ2v) is 7.37. The van der Waals surface area contributed by atoms with Gasteiger partial charge in [0.15, 0.2) is 0 Å². The number of aromatic nitrogens is 3. The van der Waals surface area contributed by atoms with Gasteiger partial charge in [0.05, 0.1) is 5.52 Å². The number of benzene rings is 3. The molecule has 4 aromatic rings. The first-order chi connectivity index (χ1) is 13.9. The fraction of sp³-hybridized carbons (Fsp3) is 0.174. The highest BCUT2D eigenvalue weighted by Crippen LogP contribution is 2.31. The van der Waals surface area contributed by atoms with Crippen LogP contribution >= 0.6 is 0 Å². The van der Waals surface area contributed by atoms with Gasteiger partial charge in [-0.2, -0.15) is 0 Å². The van der Waals surface area contributed by atoms with E-state index in [4.69, 9.17) is 0 Å². The molecule has 1 heterocycles. The number of rotatable bonds is 4. The van der Waals surface area contributed by atoms with Crippen molar-refractivity contribution in [3.8, 4) is 16.9 Å². The molecule has 6 nitrogen and oxygen atoms in total. The maximum absolute atomic E-state index is 9.86. The van der Waals surface area contributed by atoms with Gasteiger partial charge in [0, 0.05) is 25.5 Å². The Morgan fingerprint density at radius 2 is 1.72 bits per heavy atom. The molecule has 2 N–H and O–H groups in total. The van der Waals surface area contributed by atoms with Gasteiger partial charge < -0.3 is 15.3 Å². The summed E-state index contributed by atoms with van der Waals surface area (Å²) in [5.41, 5.74) is 7.55. The maximum atomic E-state index is 9.86. The largest absolute Gasteiger partial charge is 0.508 e. The Bertz CT molecular complexity index is 1200. The number of phenolic OH excluding ortho intramolecular Hbond substituents is 1. The van der Waals surface area contributed by atoms with Crippen LogP contribution in [0.2, 0.25) is 0 Å². The average molecular weight is 385 g/mol. The zero-order valence-electron chi connectivity index (χ0n) is 16.9. The van der Waals surface area contributed by atoms with Crippen molar-refractivity contribution in [2.24, 2.45) is 0 Å². The Kier molecular flexibility index (Phi) is 4.76. The minimum Gasteiger partial charge on any atom is -0.508 e. The molecule has 0 saturated heterocycles. The molecule has 0 aliphatic heterocycles. The molecule has 146 valence electrons. The van der Waals surface area contributed by atoms with Crippen LogP contribution in [0, 0.1) is 13.8 Å². The summed E-state index contributed by atoms with van der Waals surface area (Å²) in [6, 6.07) is 17.4. The van der Waals surface area contributed by atoms with Gasteiger partial charge in [-0.3, -0.25) is 0 Å². The summed E-state index contributed by atoms with van der Waals surface area (Å²) in [7, 11) is 4.00. The number of fused-ring (bicyclic) bond motifs is 1. The first-order valence-electron chi connectivity index (χ1n) is 9.40. The number of nitrogens with zero attached hydrogens (tertiary/aromatic N) is 4. The van der Waals surface area contributed by atoms with Crippen molar-refractivity contribution in [3.63, 3.8) is 0 Å². The van der Waals surface area contributed by atoms with E-state index in [9.17, 15) is 5.11 Å². The molecule has 0 unspecified atom stereocenters. The SMILES string of the molecule is Cc1ccc(O)cc1-c1cc(C)c2nc(Nc3cccc(N(C)C)c3)nnc2c1. The lowest BCUT2D eigenvalue weighted by Crippen LogP contribution is -2.08. The third-order valence-corrected chi connectivity index (χ3v) is 4.90. The molecular formula is C23H23N5O. The van der Waals surface area contributed by atoms with Crippen LogP contribution in [-0.4, -0.2) is 34.4 Å². The summed E-state index contributed by atoms with van der Waals surface area (Å²) in [5, 5.41) is 21.7. The average Bonchev–Trinajstić information content (AvgIpc) is 2.70. The third-order valence-electron chi connectivity index (χ3n) is 4.90. The quantitative estimate of drug-likeness (QED) is 0.524. The molecule has 0 spiro atoms. The summed E-state index contributed by atoms with van der Waals surface area (Å²) in [4.78, 5) is 6.71. The molecule has 0 atom stereocenters. The molecule has 0 radical (unpaired) electrons. The molecule has 0 aliphatic carbocycles. The number of anilines is 3. The molecule has 0 amide bonds. The van der Waals surface area contributed by atoms with E-state index in [-0.39, 0.29) is 5.75 Å². The maximum Gasteiger partial charge on any atom is 0.247 e. The molecule has 0 aliphatic rings. The lowest BCUT2D eigenvalue weighted by molar-refractivity contribution is 0.475. The molecule has 1 aromatic heterocycles. The van der Waals surface area contributed by atoms with Crippen molar-refractivity contribution in [3.05, 3.63) is 65.7 Å². The lowest BCUT2D eigenvalue weighted by Gasteiger charge is -2.14. The monoisotopic (exact) mass is 385 g/mol. The fourth-order valence-corrected chi connectivity index (χ4v) is 3.33. The highest BCUT2D eigenvalue weighted by Gasteiger charge is 2.10. The molecule has 0 saturated carbocycles. The molecule has 0 fully saturated rings. The second-order valence-electron chi connectivity index (χ2n) is 7.37. The highest BCUT2D eigenvalue weighted by molar-refractivity contribution is 5.85. The Morgan fingerprint density at radius 1 is 0.897 bits per heavy atom. The van der Waals surface area contributed by atoms with Gasteiger partial charge in [-0.05, 0) is 78.6 Å². The van der Waals surface area contributed by atoms with Crippen LogP contribution in [0.25, 0.3) is 22.2 Å². The van der Waals surface area contributed by atoms with Crippen LogP contribution in [0.4, 0.5) is 17.3 Å². The highest BCUT2D eigenvalue weighted by atomic mass is 16.3. The predicted octanol–water partition coefficient (Wildman–Crippen LogP) is 4.82. The van der Waals surface area contributed by atoms with Gasteiger partial charge >= 0.3 is 0 Å². The number of aromatic hydroxyl groups is 1. The normalized spacial score (nSPS) is 10.9. The minimum atomic E-state index is 0.243. The lowest BCUT2D eigenvalue weighted by atomic mass is 9.98. The smallest absolute Gasteiger partial charge is 0.247 e. The van der Waals surface area contributed by atoms with Gasteiger partial charge in [-0.15, -0.1) is 10.2 Å². The number of phenols is 1. The van der Waals surface area contributed by atoms with Crippen molar-refractivity contribution in [2.75, 3.05) is 24.3 Å². The van der Waals surface area contributed by atoms with Gasteiger partial charge in [0.1, 0.15) is 11.3 Å². The first-order valence-corrected chi connectivity index (χ1v) is 9.40. The number of aryl methyl sites for hydroxylation is 2. The van der Waals surface area contributed by atoms with Crippen LogP contribution < -0.4 is 10.2 Å². The number of hydrogen-bond donors (Lipinski definition) is 2. The van der Waals surface area contributed by atoms with Crippen LogP contribution in [-0.2, 0) is 0 Å². The zero-order chi connectivity index (χ0) is 20.5. The molecule has 29 heavy (non-hydrogen) atoms. The zero-order valence-corrected chi connectivity index (χ0v) is 16.9. The van der Waals surface area contributed by atoms with E-state index in [1.165, 1.54) is 0 Å². The van der Waals surface area contributed by atoms with Crippen molar-refractivity contribution in [1.29, 1.82) is 0 Å². The van der Waals surface area contributed by atoms with Crippen molar-refractivity contribution >= 4 is 28.4 Å². The Hall–Kier alpha value is -3.67. The van der Waals surface area contributed by atoms with Gasteiger partial charge in [0.2, 0.25) is 5.95 Å². The summed E-state index contributed by atoms with van der Waals surface area (Å²) < 4.78 is 0. The summed E-state index contributed by atoms with van der Waals surface area (Å²) >= 11 is 0. The fourth-order valence-electron chi connectivity index (χ4n) is 3.33. The molecule has 6 heteroatoms. The van der Waals surface area contributed by atoms with Gasteiger partial charge in [-0.25, -0.2) is 4.98 Å². The van der Waals surface area contributed by atoms with E-state index in [2.05, 4.69) is 26.6 Å². The summed E-state index contributed by atoms with van der Waals surface area (Å²) in [6.45, 7) is 4.03. The molecular weight excluding hydrogens is 362 g/mol. The molecule has 0 bridgehead atoms. The van der Waals surface area contributed by atoms with Crippen LogP contribution in [0.1, 0.15) is 11.1 Å². The standard InChI is InChI=1S/C23H23N5O/c1-14-8-9-19(29)13-20(14)16-10-15(2)22-21(11-16)26-27-23(25-22)24-17-6-5-7-18(12-17)28(3)4/h5-13,29H,1-4H3,(H,24,25,27). The number of nitrogens with one attached hydrogen (secondary N) is 1. The predicted molar refractivity (Wildman–Crippen MR) is 118 cm³/mol. The number of hydrogen-bond acceptors (Lipinski definition) is 6. The van der Waals surface area contributed by atoms with E-state index in [1.807, 2.05) is 69.2 Å². The van der Waals surface area contributed by atoms with E-state index in [0.717, 1.165) is 44.7 Å². The Labute approximate surface area is 169 Å². The van der Waals surface area contributed by atoms with Crippen molar-refractivity contribution in [1.82, 2.24) is 15.2 Å². The minimum absolute atomic E-state index is 0.243.